The molecule has 0 spiro atoms. The average molecular weight is 459 g/mol. The summed E-state index contributed by atoms with van der Waals surface area (Å²) in [4.78, 5) is 13.0. The first-order chi connectivity index (χ1) is 14.9. The van der Waals surface area contributed by atoms with Crippen molar-refractivity contribution in [2.24, 2.45) is 5.92 Å². The van der Waals surface area contributed by atoms with E-state index in [1.807, 2.05) is 24.3 Å². The fourth-order valence-corrected chi connectivity index (χ4v) is 5.38. The van der Waals surface area contributed by atoms with Gasteiger partial charge in [-0.25, -0.2) is 8.42 Å². The molecule has 1 aromatic heterocycles. The van der Waals surface area contributed by atoms with Crippen LogP contribution in [-0.4, -0.2) is 41.5 Å². The molecule has 31 heavy (non-hydrogen) atoms. The first-order valence-corrected chi connectivity index (χ1v) is 11.9. The Kier molecular flexibility index (Phi) is 6.41. The molecule has 1 N–H and O–H groups in total. The van der Waals surface area contributed by atoms with E-state index in [9.17, 15) is 13.2 Å². The van der Waals surface area contributed by atoms with E-state index in [-0.39, 0.29) is 16.7 Å². The summed E-state index contributed by atoms with van der Waals surface area (Å²) in [5.74, 6) is -0.349. The molecule has 1 aliphatic rings. The third-order valence-corrected chi connectivity index (χ3v) is 7.49. The van der Waals surface area contributed by atoms with Crippen LogP contribution in [0.4, 0.5) is 5.69 Å². The molecule has 0 saturated carbocycles. The van der Waals surface area contributed by atoms with Crippen molar-refractivity contribution in [3.05, 3.63) is 77.6 Å². The number of carbonyl (C=O) groups excluding carboxylic acids is 1. The molecule has 7 nitrogen and oxygen atoms in total. The number of hydrogen-bond acceptors (Lipinski definition) is 4. The van der Waals surface area contributed by atoms with E-state index < -0.39 is 10.0 Å². The van der Waals surface area contributed by atoms with E-state index >= 15 is 0 Å². The topological polar surface area (TPSA) is 84.3 Å². The number of nitrogens with zero attached hydrogens (tertiary/aromatic N) is 3. The molecule has 3 aromatic rings. The Balaban J connectivity index is 1.32. The Morgan fingerprint density at radius 1 is 1.10 bits per heavy atom. The van der Waals surface area contributed by atoms with Crippen molar-refractivity contribution < 1.29 is 13.2 Å². The number of halogens is 1. The number of aromatic nitrogens is 2. The van der Waals surface area contributed by atoms with Crippen molar-refractivity contribution in [2.45, 2.75) is 24.3 Å². The Hall–Kier alpha value is -2.68. The summed E-state index contributed by atoms with van der Waals surface area (Å²) in [5.41, 5.74) is 1.63. The average Bonchev–Trinajstić information content (AvgIpc) is 3.21. The molecule has 1 fully saturated rings. The van der Waals surface area contributed by atoms with E-state index in [1.54, 1.807) is 47.4 Å². The maximum absolute atomic E-state index is 12.7. The van der Waals surface area contributed by atoms with Crippen molar-refractivity contribution in [1.82, 2.24) is 14.1 Å². The van der Waals surface area contributed by atoms with Gasteiger partial charge in [0.15, 0.2) is 0 Å². The minimum atomic E-state index is -3.52. The third-order valence-electron chi connectivity index (χ3n) is 5.34. The highest BCUT2D eigenvalue weighted by Crippen LogP contribution is 2.25. The summed E-state index contributed by atoms with van der Waals surface area (Å²) in [6.45, 7) is 1.19. The van der Waals surface area contributed by atoms with Gasteiger partial charge in [-0.05, 0) is 42.7 Å². The molecular formula is C22H23ClN4O3S. The second-order valence-electron chi connectivity index (χ2n) is 7.54. The number of rotatable bonds is 6. The molecule has 1 aliphatic heterocycles. The summed E-state index contributed by atoms with van der Waals surface area (Å²) in [5, 5.41) is 7.85. The molecule has 1 amide bonds. The van der Waals surface area contributed by atoms with Crippen molar-refractivity contribution >= 4 is 33.2 Å². The quantitative estimate of drug-likeness (QED) is 0.611. The van der Waals surface area contributed by atoms with Crippen LogP contribution in [0.1, 0.15) is 18.4 Å². The highest BCUT2D eigenvalue weighted by atomic mass is 35.5. The number of hydrogen-bond donors (Lipinski definition) is 1. The lowest BCUT2D eigenvalue weighted by molar-refractivity contribution is -0.120. The van der Waals surface area contributed by atoms with E-state index in [0.29, 0.717) is 43.2 Å². The first-order valence-electron chi connectivity index (χ1n) is 10.0. The van der Waals surface area contributed by atoms with Gasteiger partial charge in [-0.2, -0.15) is 9.40 Å². The molecule has 2 aromatic carbocycles. The van der Waals surface area contributed by atoms with Gasteiger partial charge in [-0.15, -0.1) is 0 Å². The number of benzene rings is 2. The lowest BCUT2D eigenvalue weighted by Crippen LogP contribution is -2.41. The number of anilines is 1. The molecule has 0 aliphatic carbocycles. The molecule has 0 bridgehead atoms. The van der Waals surface area contributed by atoms with E-state index in [4.69, 9.17) is 11.6 Å². The second kappa shape index (κ2) is 9.21. The van der Waals surface area contributed by atoms with Crippen molar-refractivity contribution in [3.63, 3.8) is 0 Å². The molecule has 9 heteroatoms. The van der Waals surface area contributed by atoms with Crippen molar-refractivity contribution in [2.75, 3.05) is 18.4 Å². The number of amides is 1. The highest BCUT2D eigenvalue weighted by Gasteiger charge is 2.32. The second-order valence-corrected chi connectivity index (χ2v) is 9.91. The number of nitrogens with one attached hydrogen (secondary N) is 1. The number of sulfonamides is 1. The normalized spacial score (nSPS) is 15.6. The van der Waals surface area contributed by atoms with Crippen molar-refractivity contribution in [1.29, 1.82) is 0 Å². The van der Waals surface area contributed by atoms with Gasteiger partial charge in [0.25, 0.3) is 0 Å². The maximum atomic E-state index is 12.7. The summed E-state index contributed by atoms with van der Waals surface area (Å²) in [7, 11) is -3.52. The van der Waals surface area contributed by atoms with Gasteiger partial charge in [0.2, 0.25) is 15.9 Å². The van der Waals surface area contributed by atoms with Gasteiger partial charge >= 0.3 is 0 Å². The van der Waals surface area contributed by atoms with Crippen LogP contribution in [0.15, 0.2) is 71.9 Å². The molecular weight excluding hydrogens is 436 g/mol. The Morgan fingerprint density at radius 2 is 1.84 bits per heavy atom. The van der Waals surface area contributed by atoms with Gasteiger partial charge in [-0.3, -0.25) is 9.48 Å². The fraction of sp³-hybridized carbons (Fsp3) is 0.273. The zero-order chi connectivity index (χ0) is 21.8. The zero-order valence-corrected chi connectivity index (χ0v) is 18.4. The van der Waals surface area contributed by atoms with E-state index in [1.165, 1.54) is 4.31 Å². The molecule has 4 rings (SSSR count). The number of carbonyl (C=O) groups is 1. The fourth-order valence-electron chi connectivity index (χ4n) is 3.68. The predicted molar refractivity (Wildman–Crippen MR) is 119 cm³/mol. The SMILES string of the molecule is O=C(Nc1cnn(Cc2cccc(Cl)c2)c1)C1CCN(S(=O)(=O)c2ccccc2)CC1. The van der Waals surface area contributed by atoms with Gasteiger partial charge < -0.3 is 5.32 Å². The minimum Gasteiger partial charge on any atom is -0.323 e. The smallest absolute Gasteiger partial charge is 0.243 e. The first kappa shape index (κ1) is 21.5. The molecule has 162 valence electrons. The summed E-state index contributed by atoms with van der Waals surface area (Å²) in [6.07, 6.45) is 4.34. The molecule has 0 atom stereocenters. The summed E-state index contributed by atoms with van der Waals surface area (Å²) < 4.78 is 28.7. The lowest BCUT2D eigenvalue weighted by Gasteiger charge is -2.30. The van der Waals surface area contributed by atoms with Gasteiger partial charge in [0.05, 0.1) is 23.3 Å². The van der Waals surface area contributed by atoms with Crippen LogP contribution < -0.4 is 5.32 Å². The van der Waals surface area contributed by atoms with Crippen LogP contribution in [0, 0.1) is 5.92 Å². The number of piperidine rings is 1. The standard InChI is InChI=1S/C22H23ClN4O3S/c23-19-6-4-5-17(13-19)15-26-16-20(14-24-26)25-22(28)18-9-11-27(12-10-18)31(29,30)21-7-2-1-3-8-21/h1-8,13-14,16,18H,9-12,15H2,(H,25,28). The lowest BCUT2D eigenvalue weighted by atomic mass is 9.97. The van der Waals surface area contributed by atoms with Crippen LogP contribution in [0.2, 0.25) is 5.02 Å². The third kappa shape index (κ3) is 5.15. The maximum Gasteiger partial charge on any atom is 0.243 e. The van der Waals surface area contributed by atoms with Crippen LogP contribution in [-0.2, 0) is 21.4 Å². The monoisotopic (exact) mass is 458 g/mol. The van der Waals surface area contributed by atoms with Gasteiger partial charge in [0.1, 0.15) is 0 Å². The Labute approximate surface area is 186 Å². The largest absolute Gasteiger partial charge is 0.323 e. The van der Waals surface area contributed by atoms with Crippen LogP contribution in [0.3, 0.4) is 0 Å². The van der Waals surface area contributed by atoms with Gasteiger partial charge in [0, 0.05) is 30.2 Å². The Morgan fingerprint density at radius 3 is 2.55 bits per heavy atom. The Bertz CT molecular complexity index is 1160. The van der Waals surface area contributed by atoms with Crippen molar-refractivity contribution in [3.8, 4) is 0 Å². The van der Waals surface area contributed by atoms with E-state index in [2.05, 4.69) is 10.4 Å². The summed E-state index contributed by atoms with van der Waals surface area (Å²) in [6, 6.07) is 15.9. The predicted octanol–water partition coefficient (Wildman–Crippen LogP) is 3.62. The van der Waals surface area contributed by atoms with Gasteiger partial charge in [-0.1, -0.05) is 41.9 Å². The molecule has 2 heterocycles. The van der Waals surface area contributed by atoms with E-state index in [0.717, 1.165) is 5.56 Å². The highest BCUT2D eigenvalue weighted by molar-refractivity contribution is 7.89. The molecule has 0 unspecified atom stereocenters. The molecule has 1 saturated heterocycles. The van der Waals surface area contributed by atoms with Crippen LogP contribution in [0.25, 0.3) is 0 Å². The summed E-state index contributed by atoms with van der Waals surface area (Å²) >= 11 is 6.02. The zero-order valence-electron chi connectivity index (χ0n) is 16.8. The minimum absolute atomic E-state index is 0.112. The molecule has 0 radical (unpaired) electrons. The van der Waals surface area contributed by atoms with Crippen LogP contribution >= 0.6 is 11.6 Å². The van der Waals surface area contributed by atoms with Crippen LogP contribution in [0.5, 0.6) is 0 Å².